The van der Waals surface area contributed by atoms with E-state index in [4.69, 9.17) is 4.74 Å². The van der Waals surface area contributed by atoms with Gasteiger partial charge < -0.3 is 24.5 Å². The average molecular weight is 566 g/mol. The van der Waals surface area contributed by atoms with Gasteiger partial charge in [-0.05, 0) is 44.1 Å². The number of hydrogen-bond acceptors (Lipinski definition) is 5. The predicted molar refractivity (Wildman–Crippen MR) is 159 cm³/mol. The SMILES string of the molecule is C=CCN(Cc1ccccc1)C(=O)C1N([C@@H](CO)CC(C)C)C(=O)[C@@H]2[C@@H](C(=O)N(CC=C)CCC)[C@@]3(C)CCC12O3. The quantitative estimate of drug-likeness (QED) is 0.347. The van der Waals surface area contributed by atoms with Crippen LogP contribution in [-0.2, 0) is 25.7 Å². The second kappa shape index (κ2) is 12.5. The van der Waals surface area contributed by atoms with Gasteiger partial charge in [-0.2, -0.15) is 0 Å². The van der Waals surface area contributed by atoms with Crippen molar-refractivity contribution < 1.29 is 24.2 Å². The molecule has 3 amide bonds. The van der Waals surface area contributed by atoms with Gasteiger partial charge in [0.05, 0.1) is 30.1 Å². The molecule has 3 aliphatic rings. The summed E-state index contributed by atoms with van der Waals surface area (Å²) < 4.78 is 6.83. The number of carbonyl (C=O) groups is 3. The molecule has 3 heterocycles. The summed E-state index contributed by atoms with van der Waals surface area (Å²) in [5.74, 6) is -1.95. The van der Waals surface area contributed by atoms with E-state index in [0.29, 0.717) is 45.4 Å². The highest BCUT2D eigenvalue weighted by Crippen LogP contribution is 2.64. The van der Waals surface area contributed by atoms with Gasteiger partial charge in [-0.3, -0.25) is 14.4 Å². The molecule has 1 aromatic carbocycles. The summed E-state index contributed by atoms with van der Waals surface area (Å²) in [5, 5.41) is 10.6. The number of benzene rings is 1. The molecule has 4 rings (SSSR count). The Kier molecular flexibility index (Phi) is 9.44. The Morgan fingerprint density at radius 1 is 1.12 bits per heavy atom. The molecule has 1 aromatic rings. The van der Waals surface area contributed by atoms with Crippen LogP contribution >= 0.6 is 0 Å². The molecule has 8 nitrogen and oxygen atoms in total. The molecule has 0 radical (unpaired) electrons. The Bertz CT molecular complexity index is 1140. The van der Waals surface area contributed by atoms with Crippen LogP contribution in [0.25, 0.3) is 0 Å². The van der Waals surface area contributed by atoms with Gasteiger partial charge in [0.25, 0.3) is 0 Å². The number of likely N-dealkylation sites (tertiary alicyclic amines) is 1. The van der Waals surface area contributed by atoms with Gasteiger partial charge in [-0.1, -0.05) is 63.3 Å². The third-order valence-corrected chi connectivity index (χ3v) is 9.09. The molecular weight excluding hydrogens is 518 g/mol. The van der Waals surface area contributed by atoms with E-state index in [1.807, 2.05) is 58.0 Å². The number of nitrogens with zero attached hydrogens (tertiary/aromatic N) is 3. The number of fused-ring (bicyclic) bond motifs is 1. The maximum atomic E-state index is 14.7. The minimum atomic E-state index is -1.14. The fraction of sp³-hybridized carbons (Fsp3) is 0.606. The number of hydrogen-bond donors (Lipinski definition) is 1. The minimum absolute atomic E-state index is 0.126. The van der Waals surface area contributed by atoms with Crippen molar-refractivity contribution in [3.05, 3.63) is 61.2 Å². The number of amides is 3. The summed E-state index contributed by atoms with van der Waals surface area (Å²) in [4.78, 5) is 48.4. The van der Waals surface area contributed by atoms with Crippen LogP contribution in [0.15, 0.2) is 55.6 Å². The zero-order chi connectivity index (χ0) is 29.9. The highest BCUT2D eigenvalue weighted by molar-refractivity contribution is 5.99. The van der Waals surface area contributed by atoms with Gasteiger partial charge in [0.1, 0.15) is 11.6 Å². The molecule has 3 aliphatic heterocycles. The number of aliphatic hydroxyl groups excluding tert-OH is 1. The Morgan fingerprint density at radius 3 is 2.37 bits per heavy atom. The monoisotopic (exact) mass is 565 g/mol. The molecule has 0 saturated carbocycles. The molecule has 1 N–H and O–H groups in total. The van der Waals surface area contributed by atoms with Gasteiger partial charge in [0.2, 0.25) is 17.7 Å². The van der Waals surface area contributed by atoms with E-state index in [1.54, 1.807) is 26.9 Å². The molecule has 6 atom stereocenters. The Labute approximate surface area is 245 Å². The molecular formula is C33H47N3O5. The van der Waals surface area contributed by atoms with Crippen LogP contribution in [-0.4, -0.2) is 87.1 Å². The smallest absolute Gasteiger partial charge is 0.249 e. The molecule has 2 unspecified atom stereocenters. The van der Waals surface area contributed by atoms with Crippen LogP contribution < -0.4 is 0 Å². The van der Waals surface area contributed by atoms with E-state index in [2.05, 4.69) is 13.2 Å². The lowest BCUT2D eigenvalue weighted by molar-refractivity contribution is -0.157. The van der Waals surface area contributed by atoms with Crippen molar-refractivity contribution in [1.82, 2.24) is 14.7 Å². The number of rotatable bonds is 14. The van der Waals surface area contributed by atoms with E-state index in [-0.39, 0.29) is 30.2 Å². The first-order valence-corrected chi connectivity index (χ1v) is 15.0. The zero-order valence-corrected chi connectivity index (χ0v) is 25.1. The first-order valence-electron chi connectivity index (χ1n) is 15.0. The second-order valence-electron chi connectivity index (χ2n) is 12.5. The van der Waals surface area contributed by atoms with Crippen molar-refractivity contribution in [2.75, 3.05) is 26.2 Å². The minimum Gasteiger partial charge on any atom is -0.394 e. The van der Waals surface area contributed by atoms with Crippen molar-refractivity contribution in [3.63, 3.8) is 0 Å². The molecule has 3 saturated heterocycles. The van der Waals surface area contributed by atoms with Crippen LogP contribution in [0.5, 0.6) is 0 Å². The second-order valence-corrected chi connectivity index (χ2v) is 12.5. The lowest BCUT2D eigenvalue weighted by Gasteiger charge is -2.40. The predicted octanol–water partition coefficient (Wildman–Crippen LogP) is 3.80. The van der Waals surface area contributed by atoms with Crippen molar-refractivity contribution in [2.45, 2.75) is 83.2 Å². The number of aliphatic hydroxyl groups is 1. The maximum absolute atomic E-state index is 14.7. The van der Waals surface area contributed by atoms with Gasteiger partial charge in [-0.25, -0.2) is 0 Å². The van der Waals surface area contributed by atoms with Crippen molar-refractivity contribution in [3.8, 4) is 0 Å². The number of carbonyl (C=O) groups excluding carboxylic acids is 3. The molecule has 3 fully saturated rings. The molecule has 0 aromatic heterocycles. The van der Waals surface area contributed by atoms with Crippen molar-refractivity contribution in [1.29, 1.82) is 0 Å². The molecule has 224 valence electrons. The Hall–Kier alpha value is -2.97. The molecule has 2 bridgehead atoms. The summed E-state index contributed by atoms with van der Waals surface area (Å²) in [6, 6.07) is 8.21. The Morgan fingerprint density at radius 2 is 1.78 bits per heavy atom. The van der Waals surface area contributed by atoms with Crippen LogP contribution in [0.3, 0.4) is 0 Å². The van der Waals surface area contributed by atoms with E-state index in [0.717, 1.165) is 12.0 Å². The van der Waals surface area contributed by atoms with Crippen molar-refractivity contribution in [2.24, 2.45) is 17.8 Å². The first kappa shape index (κ1) is 31.0. The lowest BCUT2D eigenvalue weighted by Crippen LogP contribution is -2.58. The third-order valence-electron chi connectivity index (χ3n) is 9.09. The third kappa shape index (κ3) is 5.48. The van der Waals surface area contributed by atoms with Gasteiger partial charge in [0, 0.05) is 26.2 Å². The fourth-order valence-corrected chi connectivity index (χ4v) is 7.51. The largest absolute Gasteiger partial charge is 0.394 e. The summed E-state index contributed by atoms with van der Waals surface area (Å²) in [6.07, 6.45) is 5.77. The van der Waals surface area contributed by atoms with Crippen LogP contribution in [0.1, 0.15) is 58.9 Å². The van der Waals surface area contributed by atoms with Crippen LogP contribution in [0, 0.1) is 17.8 Å². The normalized spacial score (nSPS) is 29.0. The van der Waals surface area contributed by atoms with Gasteiger partial charge in [-0.15, -0.1) is 13.2 Å². The van der Waals surface area contributed by atoms with E-state index >= 15 is 0 Å². The topological polar surface area (TPSA) is 90.4 Å². The average Bonchev–Trinajstić information content (AvgIpc) is 3.51. The highest BCUT2D eigenvalue weighted by atomic mass is 16.5. The number of ether oxygens (including phenoxy) is 1. The van der Waals surface area contributed by atoms with Gasteiger partial charge in [0.15, 0.2) is 0 Å². The van der Waals surface area contributed by atoms with Crippen LogP contribution in [0.4, 0.5) is 0 Å². The zero-order valence-electron chi connectivity index (χ0n) is 25.1. The van der Waals surface area contributed by atoms with E-state index < -0.39 is 35.1 Å². The Balaban J connectivity index is 1.81. The lowest BCUT2D eigenvalue weighted by atomic mass is 9.66. The highest BCUT2D eigenvalue weighted by Gasteiger charge is 2.78. The van der Waals surface area contributed by atoms with Crippen LogP contribution in [0.2, 0.25) is 0 Å². The molecule has 0 aliphatic carbocycles. The standard InChI is InChI=1S/C33H47N3O5/c1-7-17-34(18-8-2)29(38)26-27-30(39)36(25(22-37)20-23(4)5)28(33(27)16-15-32(26,6)41-33)31(40)35(19-9-3)21-24-13-11-10-12-14-24/h7,9-14,23,25-28,37H,1,3,8,15-22H2,2,4-6H3/t25-,26+,27+,28?,32-,33?/m1/s1. The summed E-state index contributed by atoms with van der Waals surface area (Å²) >= 11 is 0. The van der Waals surface area contributed by atoms with Crippen molar-refractivity contribution >= 4 is 17.7 Å². The summed E-state index contributed by atoms with van der Waals surface area (Å²) in [7, 11) is 0. The fourth-order valence-electron chi connectivity index (χ4n) is 7.51. The maximum Gasteiger partial charge on any atom is 0.249 e. The van der Waals surface area contributed by atoms with E-state index in [9.17, 15) is 19.5 Å². The van der Waals surface area contributed by atoms with Gasteiger partial charge >= 0.3 is 0 Å². The molecule has 1 spiro atoms. The summed E-state index contributed by atoms with van der Waals surface area (Å²) in [6.45, 7) is 17.0. The molecule has 41 heavy (non-hydrogen) atoms. The van der Waals surface area contributed by atoms with E-state index in [1.165, 1.54) is 0 Å². The first-order chi connectivity index (χ1) is 19.6. The summed E-state index contributed by atoms with van der Waals surface area (Å²) in [5.41, 5.74) is -1.04. The molecule has 8 heteroatoms.